The summed E-state index contributed by atoms with van der Waals surface area (Å²) in [5, 5.41) is 2.96. The van der Waals surface area contributed by atoms with Crippen LogP contribution in [0, 0.1) is 5.92 Å². The van der Waals surface area contributed by atoms with E-state index in [2.05, 4.69) is 31.3 Å². The van der Waals surface area contributed by atoms with Crippen LogP contribution in [-0.4, -0.2) is 23.9 Å². The van der Waals surface area contributed by atoms with Gasteiger partial charge in [-0.2, -0.15) is 0 Å². The van der Waals surface area contributed by atoms with Crippen molar-refractivity contribution in [1.82, 2.24) is 5.32 Å². The van der Waals surface area contributed by atoms with Crippen LogP contribution in [-0.2, 0) is 9.59 Å². The molecule has 4 nitrogen and oxygen atoms in total. The zero-order valence-electron chi connectivity index (χ0n) is 14.1. The minimum Gasteiger partial charge on any atom is -0.351 e. The maximum Gasteiger partial charge on any atom is 0.227 e. The van der Waals surface area contributed by atoms with Crippen molar-refractivity contribution in [2.45, 2.75) is 52.5 Å². The number of anilines is 1. The van der Waals surface area contributed by atoms with Crippen LogP contribution in [0.15, 0.2) is 24.3 Å². The van der Waals surface area contributed by atoms with Crippen LogP contribution in [0.2, 0.25) is 0 Å². The van der Waals surface area contributed by atoms with E-state index in [1.165, 1.54) is 5.56 Å². The highest BCUT2D eigenvalue weighted by Crippen LogP contribution is 2.27. The highest BCUT2D eigenvalue weighted by molar-refractivity contribution is 6.00. The van der Waals surface area contributed by atoms with Crippen molar-refractivity contribution >= 4 is 17.5 Å². The average Bonchev–Trinajstić information content (AvgIpc) is 2.79. The third-order valence-electron chi connectivity index (χ3n) is 3.87. The molecule has 0 radical (unpaired) electrons. The Kier molecular flexibility index (Phi) is 4.59. The van der Waals surface area contributed by atoms with Crippen LogP contribution in [0.4, 0.5) is 5.69 Å². The zero-order chi connectivity index (χ0) is 16.5. The number of hydrogen-bond donors (Lipinski definition) is 1. The number of nitrogens with one attached hydrogen (secondary N) is 1. The Balaban J connectivity index is 2.08. The van der Waals surface area contributed by atoms with Crippen LogP contribution >= 0.6 is 0 Å². The topological polar surface area (TPSA) is 49.4 Å². The first-order chi connectivity index (χ1) is 10.2. The van der Waals surface area contributed by atoms with E-state index in [1.807, 2.05) is 32.9 Å². The fraction of sp³-hybridized carbons (Fsp3) is 0.556. The SMILES string of the molecule is CC(C)c1ccc(N2C[C@H](C(=O)NC(C)(C)C)CC2=O)cc1. The molecular weight excluding hydrogens is 276 g/mol. The predicted octanol–water partition coefficient (Wildman–Crippen LogP) is 3.08. The lowest BCUT2D eigenvalue weighted by molar-refractivity contribution is -0.127. The van der Waals surface area contributed by atoms with Crippen LogP contribution in [0.1, 0.15) is 52.5 Å². The number of benzene rings is 1. The van der Waals surface area contributed by atoms with Gasteiger partial charge in [-0.1, -0.05) is 26.0 Å². The minimum absolute atomic E-state index is 0.0198. The second-order valence-electron chi connectivity index (χ2n) is 7.39. The lowest BCUT2D eigenvalue weighted by Crippen LogP contribution is -2.44. The van der Waals surface area contributed by atoms with Crippen molar-refractivity contribution in [2.75, 3.05) is 11.4 Å². The molecule has 1 fully saturated rings. The van der Waals surface area contributed by atoms with Gasteiger partial charge in [0, 0.05) is 24.2 Å². The number of carbonyl (C=O) groups excluding carboxylic acids is 2. The molecule has 1 N–H and O–H groups in total. The number of rotatable bonds is 3. The molecule has 0 spiro atoms. The number of carbonyl (C=O) groups is 2. The maximum atomic E-state index is 12.2. The van der Waals surface area contributed by atoms with E-state index in [0.717, 1.165) is 5.69 Å². The number of nitrogens with zero attached hydrogens (tertiary/aromatic N) is 1. The summed E-state index contributed by atoms with van der Waals surface area (Å²) in [6, 6.07) is 8.04. The number of hydrogen-bond acceptors (Lipinski definition) is 2. The molecule has 1 saturated heterocycles. The third kappa shape index (κ3) is 3.87. The molecule has 120 valence electrons. The van der Waals surface area contributed by atoms with Gasteiger partial charge in [-0.3, -0.25) is 9.59 Å². The summed E-state index contributed by atoms with van der Waals surface area (Å²) in [6.07, 6.45) is 0.286. The van der Waals surface area contributed by atoms with E-state index in [1.54, 1.807) is 4.90 Å². The highest BCUT2D eigenvalue weighted by atomic mass is 16.2. The largest absolute Gasteiger partial charge is 0.351 e. The van der Waals surface area contributed by atoms with Gasteiger partial charge in [0.05, 0.1) is 5.92 Å². The second kappa shape index (κ2) is 6.11. The summed E-state index contributed by atoms with van der Waals surface area (Å²) in [6.45, 7) is 10.6. The molecule has 0 bridgehead atoms. The number of amides is 2. The third-order valence-corrected chi connectivity index (χ3v) is 3.87. The normalized spacial score (nSPS) is 18.9. The van der Waals surface area contributed by atoms with Crippen LogP contribution in [0.3, 0.4) is 0 Å². The Morgan fingerprint density at radius 2 is 1.82 bits per heavy atom. The molecule has 2 rings (SSSR count). The minimum atomic E-state index is -0.271. The molecule has 1 aromatic carbocycles. The van der Waals surface area contributed by atoms with Gasteiger partial charge < -0.3 is 10.2 Å². The Morgan fingerprint density at radius 3 is 2.32 bits per heavy atom. The molecule has 1 aliphatic heterocycles. The first-order valence-corrected chi connectivity index (χ1v) is 7.90. The molecule has 0 unspecified atom stereocenters. The lowest BCUT2D eigenvalue weighted by atomic mass is 10.0. The molecular formula is C18H26N2O2. The van der Waals surface area contributed by atoms with E-state index >= 15 is 0 Å². The summed E-state index contributed by atoms with van der Waals surface area (Å²) in [5.74, 6) is 0.179. The Hall–Kier alpha value is -1.84. The molecule has 0 aliphatic carbocycles. The molecule has 1 atom stereocenters. The Labute approximate surface area is 132 Å². The van der Waals surface area contributed by atoms with Gasteiger partial charge in [-0.25, -0.2) is 0 Å². The van der Waals surface area contributed by atoms with E-state index < -0.39 is 0 Å². The van der Waals surface area contributed by atoms with Gasteiger partial charge in [-0.05, 0) is 44.4 Å². The van der Waals surface area contributed by atoms with Crippen molar-refractivity contribution in [3.05, 3.63) is 29.8 Å². The maximum absolute atomic E-state index is 12.2. The molecule has 1 aromatic rings. The van der Waals surface area contributed by atoms with Crippen LogP contribution in [0.5, 0.6) is 0 Å². The van der Waals surface area contributed by atoms with Crippen molar-refractivity contribution in [3.63, 3.8) is 0 Å². The quantitative estimate of drug-likeness (QED) is 0.933. The van der Waals surface area contributed by atoms with Crippen molar-refractivity contribution in [1.29, 1.82) is 0 Å². The highest BCUT2D eigenvalue weighted by Gasteiger charge is 2.36. The van der Waals surface area contributed by atoms with Crippen molar-refractivity contribution in [2.24, 2.45) is 5.92 Å². The van der Waals surface area contributed by atoms with Gasteiger partial charge in [-0.15, -0.1) is 0 Å². The van der Waals surface area contributed by atoms with Gasteiger partial charge in [0.15, 0.2) is 0 Å². The van der Waals surface area contributed by atoms with Gasteiger partial charge in [0.1, 0.15) is 0 Å². The van der Waals surface area contributed by atoms with Gasteiger partial charge in [0.25, 0.3) is 0 Å². The standard InChI is InChI=1S/C18H26N2O2/c1-12(2)13-6-8-15(9-7-13)20-11-14(10-16(20)21)17(22)19-18(3,4)5/h6-9,12,14H,10-11H2,1-5H3,(H,19,22)/t14-/m1/s1. The van der Waals surface area contributed by atoms with E-state index in [4.69, 9.17) is 0 Å². The second-order valence-corrected chi connectivity index (χ2v) is 7.39. The van der Waals surface area contributed by atoms with Crippen molar-refractivity contribution < 1.29 is 9.59 Å². The first kappa shape index (κ1) is 16.5. The van der Waals surface area contributed by atoms with Gasteiger partial charge in [0.2, 0.25) is 11.8 Å². The van der Waals surface area contributed by atoms with Gasteiger partial charge >= 0.3 is 0 Å². The smallest absolute Gasteiger partial charge is 0.227 e. The zero-order valence-corrected chi connectivity index (χ0v) is 14.1. The fourth-order valence-corrected chi connectivity index (χ4v) is 2.64. The molecule has 4 heteroatoms. The molecule has 22 heavy (non-hydrogen) atoms. The fourth-order valence-electron chi connectivity index (χ4n) is 2.64. The van der Waals surface area contributed by atoms with Crippen molar-refractivity contribution in [3.8, 4) is 0 Å². The first-order valence-electron chi connectivity index (χ1n) is 7.90. The van der Waals surface area contributed by atoms with Crippen LogP contribution < -0.4 is 10.2 Å². The monoisotopic (exact) mass is 302 g/mol. The summed E-state index contributed by atoms with van der Waals surface area (Å²) in [4.78, 5) is 26.2. The van der Waals surface area contributed by atoms with E-state index in [-0.39, 0.29) is 29.7 Å². The molecule has 1 aliphatic rings. The summed E-state index contributed by atoms with van der Waals surface area (Å²) in [7, 11) is 0. The Morgan fingerprint density at radius 1 is 1.23 bits per heavy atom. The molecule has 0 saturated carbocycles. The molecule has 1 heterocycles. The molecule has 2 amide bonds. The average molecular weight is 302 g/mol. The van der Waals surface area contributed by atoms with E-state index in [9.17, 15) is 9.59 Å². The predicted molar refractivity (Wildman–Crippen MR) is 88.9 cm³/mol. The summed E-state index contributed by atoms with van der Waals surface area (Å²) < 4.78 is 0. The molecule has 0 aromatic heterocycles. The summed E-state index contributed by atoms with van der Waals surface area (Å²) in [5.41, 5.74) is 1.85. The Bertz CT molecular complexity index is 555. The lowest BCUT2D eigenvalue weighted by Gasteiger charge is -2.23. The van der Waals surface area contributed by atoms with E-state index in [0.29, 0.717) is 12.5 Å². The summed E-state index contributed by atoms with van der Waals surface area (Å²) >= 11 is 0. The van der Waals surface area contributed by atoms with Crippen LogP contribution in [0.25, 0.3) is 0 Å².